The van der Waals surface area contributed by atoms with E-state index in [0.717, 1.165) is 13.1 Å². The molecular weight excluding hydrogens is 1400 g/mol. The van der Waals surface area contributed by atoms with E-state index in [2.05, 4.69) is 439 Å². The Kier molecular flexibility index (Phi) is 18.2. The lowest BCUT2D eigenvalue weighted by Crippen LogP contribution is -1.92. The zero-order valence-electron chi connectivity index (χ0n) is 66.3. The molecule has 21 aromatic rings. The fourth-order valence-electron chi connectivity index (χ4n) is 18.8. The molecule has 0 spiro atoms. The predicted octanol–water partition coefficient (Wildman–Crippen LogP) is 31.8. The molecule has 0 bridgehead atoms. The smallest absolute Gasteiger partial charge is 0.0491 e. The normalized spacial score (nSPS) is 11.6. The van der Waals surface area contributed by atoms with Crippen LogP contribution in [0.5, 0.6) is 0 Å². The second-order valence-electron chi connectivity index (χ2n) is 31.5. The number of hydrogen-bond donors (Lipinski definition) is 0. The van der Waals surface area contributed by atoms with E-state index in [4.69, 9.17) is 0 Å². The third kappa shape index (κ3) is 12.8. The van der Waals surface area contributed by atoms with Crippen LogP contribution in [0.25, 0.3) is 209 Å². The van der Waals surface area contributed by atoms with Gasteiger partial charge in [0.2, 0.25) is 0 Å². The first-order valence-electron chi connectivity index (χ1n) is 40.8. The van der Waals surface area contributed by atoms with Gasteiger partial charge in [-0.15, -0.1) is 0 Å². The highest BCUT2D eigenvalue weighted by Gasteiger charge is 2.21. The molecule has 0 N–H and O–H groups in total. The van der Waals surface area contributed by atoms with Crippen LogP contribution in [0.2, 0.25) is 0 Å². The quantitative estimate of drug-likeness (QED) is 0.102. The van der Waals surface area contributed by atoms with Gasteiger partial charge in [-0.3, -0.25) is 0 Å². The predicted molar refractivity (Wildman–Crippen MR) is 499 cm³/mol. The largest absolute Gasteiger partial charge is 0.341 e. The molecule has 0 aliphatic rings. The first kappa shape index (κ1) is 70.9. The van der Waals surface area contributed by atoms with E-state index in [1.165, 1.54) is 231 Å². The molecule has 0 unspecified atom stereocenters. The van der Waals surface area contributed by atoms with Gasteiger partial charge in [-0.2, -0.15) is 0 Å². The lowest BCUT2D eigenvalue weighted by molar-refractivity contribution is 0.827. The van der Waals surface area contributed by atoms with Gasteiger partial charge in [-0.05, 0) is 243 Å². The Morgan fingerprint density at radius 3 is 0.543 bits per heavy atom. The number of nitrogens with zero attached hydrogens (tertiary/aromatic N) is 2. The zero-order valence-corrected chi connectivity index (χ0v) is 66.3. The third-order valence-electron chi connectivity index (χ3n) is 24.2. The number of fused-ring (bicyclic) bond motifs is 10. The molecule has 552 valence electrons. The van der Waals surface area contributed by atoms with Crippen molar-refractivity contribution in [2.45, 2.75) is 54.6 Å². The third-order valence-corrected chi connectivity index (χ3v) is 24.2. The van der Waals surface area contributed by atoms with Gasteiger partial charge in [0, 0.05) is 56.7 Å². The van der Waals surface area contributed by atoms with Crippen LogP contribution >= 0.6 is 0 Å². The summed E-state index contributed by atoms with van der Waals surface area (Å²) in [5.41, 5.74) is 37.6. The molecule has 2 aromatic heterocycles. The first-order chi connectivity index (χ1) is 57.0. The molecule has 0 atom stereocenters. The minimum absolute atomic E-state index is 0.954. The Bertz CT molecular complexity index is 7200. The minimum atomic E-state index is 0.954. The number of hydrogen-bond acceptors (Lipinski definition) is 0. The summed E-state index contributed by atoms with van der Waals surface area (Å²) in [5, 5.41) is 15.4. The molecule has 19 aromatic carbocycles. The molecule has 0 aliphatic heterocycles. The van der Waals surface area contributed by atoms with E-state index < -0.39 is 0 Å². The van der Waals surface area contributed by atoms with Crippen LogP contribution in [0, 0.1) is 27.7 Å². The average molecular weight is 1480 g/mol. The van der Waals surface area contributed by atoms with E-state index in [1.54, 1.807) is 0 Å². The van der Waals surface area contributed by atoms with Crippen molar-refractivity contribution in [3.63, 3.8) is 0 Å². The van der Waals surface area contributed by atoms with Gasteiger partial charge in [0.15, 0.2) is 0 Å². The van der Waals surface area contributed by atoms with Crippen molar-refractivity contribution in [3.05, 3.63) is 411 Å². The van der Waals surface area contributed by atoms with Crippen molar-refractivity contribution in [2.75, 3.05) is 0 Å². The molecule has 0 radical (unpaired) electrons. The topological polar surface area (TPSA) is 9.86 Å². The van der Waals surface area contributed by atoms with Gasteiger partial charge in [0.05, 0.1) is 0 Å². The molecule has 0 saturated heterocycles. The number of aromatic nitrogens is 2. The fraction of sp³-hybridized carbons (Fsp3) is 0.0702. The van der Waals surface area contributed by atoms with Crippen LogP contribution in [0.15, 0.2) is 388 Å². The Labute approximate surface area is 678 Å². The summed E-state index contributed by atoms with van der Waals surface area (Å²) < 4.78 is 4.82. The van der Waals surface area contributed by atoms with Crippen molar-refractivity contribution in [2.24, 2.45) is 0 Å². The van der Waals surface area contributed by atoms with E-state index in [0.29, 0.717) is 0 Å². The van der Waals surface area contributed by atoms with Crippen LogP contribution < -0.4 is 0 Å². The summed E-state index contributed by atoms with van der Waals surface area (Å²) in [6, 6.07) is 144. The first-order valence-corrected chi connectivity index (χ1v) is 40.8. The molecule has 2 nitrogen and oxygen atoms in total. The second-order valence-corrected chi connectivity index (χ2v) is 31.5. The van der Waals surface area contributed by atoms with Crippen LogP contribution in [0.4, 0.5) is 0 Å². The molecule has 0 aliphatic carbocycles. The minimum Gasteiger partial charge on any atom is -0.341 e. The molecule has 0 fully saturated rings. The SMILES string of the molecule is CCn1c2ccccc2c2cc(-c3ccc(-c4ccc(-c5c6ccccc6c(-c6ccc(-c7cc(C)cc(C)c7)cc6)c6ccccc56)cc4)cc3)ccc21.CCn1c2ccccc2c2cc(-c3ccc(-c4ccc(-c5c6ccccc6c(-c6ccc(-c7ccc(-c8cc(C)cc(C)c8)cc7)cc6)c6ccccc56)cc4)cc3)ccc21. The van der Waals surface area contributed by atoms with Crippen LogP contribution in [0.1, 0.15) is 36.1 Å². The molecule has 0 saturated carbocycles. The maximum atomic E-state index is 2.41. The second kappa shape index (κ2) is 29.7. The summed E-state index contributed by atoms with van der Waals surface area (Å²) >= 11 is 0. The monoisotopic (exact) mass is 1480 g/mol. The summed E-state index contributed by atoms with van der Waals surface area (Å²) in [7, 11) is 0. The molecule has 21 rings (SSSR count). The van der Waals surface area contributed by atoms with Gasteiger partial charge in [0.25, 0.3) is 0 Å². The Morgan fingerprint density at radius 2 is 0.319 bits per heavy atom. The lowest BCUT2D eigenvalue weighted by Gasteiger charge is -2.18. The van der Waals surface area contributed by atoms with Gasteiger partial charge < -0.3 is 9.13 Å². The summed E-state index contributed by atoms with van der Waals surface area (Å²) in [5.74, 6) is 0. The van der Waals surface area contributed by atoms with Gasteiger partial charge >= 0.3 is 0 Å². The van der Waals surface area contributed by atoms with Gasteiger partial charge in [-0.25, -0.2) is 0 Å². The summed E-state index contributed by atoms with van der Waals surface area (Å²) in [4.78, 5) is 0. The molecule has 2 heterocycles. The maximum Gasteiger partial charge on any atom is 0.0491 e. The average Bonchev–Trinajstić information content (AvgIpc) is 1.24. The fourth-order valence-corrected chi connectivity index (χ4v) is 18.8. The van der Waals surface area contributed by atoms with E-state index in [1.807, 2.05) is 0 Å². The number of para-hydroxylation sites is 2. The van der Waals surface area contributed by atoms with Crippen LogP contribution in [-0.2, 0) is 13.1 Å². The number of rotatable bonds is 13. The van der Waals surface area contributed by atoms with Crippen molar-refractivity contribution in [1.29, 1.82) is 0 Å². The highest BCUT2D eigenvalue weighted by Crippen LogP contribution is 2.48. The Morgan fingerprint density at radius 1 is 0.147 bits per heavy atom. The number of benzene rings is 19. The molecule has 0 amide bonds. The van der Waals surface area contributed by atoms with Crippen molar-refractivity contribution >= 4 is 86.7 Å². The van der Waals surface area contributed by atoms with Gasteiger partial charge in [0.1, 0.15) is 0 Å². The standard InChI is InChI=1S/C60H45N.C54H41N/c1-4-61-57-16-10-9-11-51(57)56-38-49(33-34-58(56)61)45-21-17-41(18-22-45)43-25-29-47(30-26-43)59-52-12-5-7-14-54(52)60(55-15-8-6-13-53(55)59)48-31-27-44(28-32-48)42-19-23-46(24-20-42)50-36-39(2)35-40(3)37-50;1-4-55-51-16-10-9-11-45(51)50-34-43(29-30-52(50)55)39-19-17-37(18-20-39)38-21-25-41(26-22-38)53-46-12-5-7-14-48(46)54(49-15-8-6-13-47(49)53)42-27-23-40(24-28-42)44-32-35(2)31-36(3)33-44/h5-38H,4H2,1-3H3;5-34H,4H2,1-3H3. The van der Waals surface area contributed by atoms with Crippen molar-refractivity contribution < 1.29 is 0 Å². The Balaban J connectivity index is 0.000000150. The number of aryl methyl sites for hydroxylation is 6. The lowest BCUT2D eigenvalue weighted by atomic mass is 9.85. The van der Waals surface area contributed by atoms with Crippen molar-refractivity contribution in [3.8, 4) is 122 Å². The molecule has 2 heteroatoms. The maximum absolute atomic E-state index is 2.41. The zero-order chi connectivity index (χ0) is 78.1. The highest BCUT2D eigenvalue weighted by atomic mass is 15.0. The van der Waals surface area contributed by atoms with E-state index >= 15 is 0 Å². The highest BCUT2D eigenvalue weighted by molar-refractivity contribution is 6.23. The Hall–Kier alpha value is -14.2. The van der Waals surface area contributed by atoms with Crippen LogP contribution in [0.3, 0.4) is 0 Å². The van der Waals surface area contributed by atoms with Crippen LogP contribution in [-0.4, -0.2) is 9.13 Å². The summed E-state index contributed by atoms with van der Waals surface area (Å²) in [6.45, 7) is 15.0. The molecule has 116 heavy (non-hydrogen) atoms. The van der Waals surface area contributed by atoms with Crippen molar-refractivity contribution in [1.82, 2.24) is 9.13 Å². The summed E-state index contributed by atoms with van der Waals surface area (Å²) in [6.07, 6.45) is 0. The molecular formula is C114H86N2. The van der Waals surface area contributed by atoms with Gasteiger partial charge in [-0.1, -0.05) is 374 Å². The van der Waals surface area contributed by atoms with E-state index in [9.17, 15) is 0 Å². The van der Waals surface area contributed by atoms with E-state index in [-0.39, 0.29) is 0 Å².